The largest absolute Gasteiger partial charge is 0.463 e. The lowest BCUT2D eigenvalue weighted by molar-refractivity contribution is -0.132. The SMILES string of the molecule is CCn1nc(C)c(CCC(=O)N2CCC[C@H](n3nc(-c4ccco4)ccc3=O)C2)c1C. The second-order valence-electron chi connectivity index (χ2n) is 8.08. The molecule has 1 amide bonds. The Morgan fingerprint density at radius 2 is 2.06 bits per heavy atom. The van der Waals surface area contributed by atoms with Crippen molar-refractivity contribution in [1.82, 2.24) is 24.5 Å². The number of rotatable bonds is 6. The number of furan rings is 1. The van der Waals surface area contributed by atoms with Crippen LogP contribution >= 0.6 is 0 Å². The van der Waals surface area contributed by atoms with Crippen LogP contribution in [0.3, 0.4) is 0 Å². The third-order valence-electron chi connectivity index (χ3n) is 6.11. The van der Waals surface area contributed by atoms with Crippen molar-refractivity contribution in [2.24, 2.45) is 0 Å². The fourth-order valence-electron chi connectivity index (χ4n) is 4.42. The summed E-state index contributed by atoms with van der Waals surface area (Å²) in [5.41, 5.74) is 3.75. The molecule has 8 heteroatoms. The van der Waals surface area contributed by atoms with Crippen LogP contribution in [0, 0.1) is 13.8 Å². The predicted octanol–water partition coefficient (Wildman–Crippen LogP) is 3.13. The highest BCUT2D eigenvalue weighted by Gasteiger charge is 2.26. The molecule has 0 aromatic carbocycles. The van der Waals surface area contributed by atoms with Crippen molar-refractivity contribution in [2.45, 2.75) is 59.0 Å². The van der Waals surface area contributed by atoms with E-state index in [-0.39, 0.29) is 17.5 Å². The quantitative estimate of drug-likeness (QED) is 0.608. The Hall–Kier alpha value is -3.16. The van der Waals surface area contributed by atoms with Gasteiger partial charge in [0.2, 0.25) is 5.91 Å². The Labute approximate surface area is 181 Å². The van der Waals surface area contributed by atoms with Crippen LogP contribution in [0.15, 0.2) is 39.7 Å². The maximum Gasteiger partial charge on any atom is 0.267 e. The van der Waals surface area contributed by atoms with E-state index < -0.39 is 0 Å². The molecule has 0 N–H and O–H groups in total. The molecular formula is C23H29N5O3. The highest BCUT2D eigenvalue weighted by Crippen LogP contribution is 2.23. The number of piperidine rings is 1. The van der Waals surface area contributed by atoms with Crippen LogP contribution in [-0.2, 0) is 17.8 Å². The van der Waals surface area contributed by atoms with Gasteiger partial charge in [-0.3, -0.25) is 14.3 Å². The molecule has 8 nitrogen and oxygen atoms in total. The molecule has 1 saturated heterocycles. The van der Waals surface area contributed by atoms with Gasteiger partial charge >= 0.3 is 0 Å². The minimum atomic E-state index is -0.159. The molecule has 3 aromatic rings. The van der Waals surface area contributed by atoms with E-state index in [2.05, 4.69) is 24.0 Å². The Morgan fingerprint density at radius 1 is 1.23 bits per heavy atom. The van der Waals surface area contributed by atoms with E-state index in [1.54, 1.807) is 18.4 Å². The Bertz CT molecular complexity index is 1110. The van der Waals surface area contributed by atoms with Crippen LogP contribution in [0.5, 0.6) is 0 Å². The van der Waals surface area contributed by atoms with E-state index in [1.165, 1.54) is 10.7 Å². The van der Waals surface area contributed by atoms with Crippen LogP contribution in [0.1, 0.15) is 49.2 Å². The molecule has 1 aliphatic heterocycles. The van der Waals surface area contributed by atoms with E-state index >= 15 is 0 Å². The standard InChI is InChI=1S/C23H29N5O3/c1-4-27-17(3)19(16(2)24-27)9-11-22(29)26-13-5-7-18(15-26)28-23(30)12-10-20(25-28)21-8-6-14-31-21/h6,8,10,12,14,18H,4-5,7,9,11,13,15H2,1-3H3/t18-/m0/s1. The molecular weight excluding hydrogens is 394 g/mol. The van der Waals surface area contributed by atoms with Crippen LogP contribution in [0.4, 0.5) is 0 Å². The van der Waals surface area contributed by atoms with Gasteiger partial charge in [0.25, 0.3) is 5.56 Å². The summed E-state index contributed by atoms with van der Waals surface area (Å²) in [6.07, 6.45) is 4.38. The predicted molar refractivity (Wildman–Crippen MR) is 117 cm³/mol. The van der Waals surface area contributed by atoms with Crippen molar-refractivity contribution in [3.05, 3.63) is 57.8 Å². The van der Waals surface area contributed by atoms with Crippen molar-refractivity contribution >= 4 is 5.91 Å². The van der Waals surface area contributed by atoms with Crippen molar-refractivity contribution < 1.29 is 9.21 Å². The molecule has 1 atom stereocenters. The Kier molecular flexibility index (Phi) is 6.06. The van der Waals surface area contributed by atoms with E-state index in [0.717, 1.165) is 36.3 Å². The molecule has 4 rings (SSSR count). The molecule has 0 aliphatic carbocycles. The summed E-state index contributed by atoms with van der Waals surface area (Å²) < 4.78 is 8.91. The van der Waals surface area contributed by atoms with Crippen molar-refractivity contribution in [2.75, 3.05) is 13.1 Å². The third-order valence-corrected chi connectivity index (χ3v) is 6.11. The maximum atomic E-state index is 13.0. The number of carbonyl (C=O) groups is 1. The van der Waals surface area contributed by atoms with E-state index in [9.17, 15) is 9.59 Å². The number of hydrogen-bond donors (Lipinski definition) is 0. The topological polar surface area (TPSA) is 86.2 Å². The monoisotopic (exact) mass is 423 g/mol. The molecule has 4 heterocycles. The number of amides is 1. The van der Waals surface area contributed by atoms with Crippen molar-refractivity contribution in [3.63, 3.8) is 0 Å². The van der Waals surface area contributed by atoms with Crippen molar-refractivity contribution in [1.29, 1.82) is 0 Å². The first-order valence-corrected chi connectivity index (χ1v) is 10.9. The highest BCUT2D eigenvalue weighted by molar-refractivity contribution is 5.76. The van der Waals surface area contributed by atoms with Gasteiger partial charge in [-0.15, -0.1) is 0 Å². The summed E-state index contributed by atoms with van der Waals surface area (Å²) in [7, 11) is 0. The zero-order chi connectivity index (χ0) is 22.0. The van der Waals surface area contributed by atoms with Gasteiger partial charge < -0.3 is 9.32 Å². The van der Waals surface area contributed by atoms with Gasteiger partial charge in [0.15, 0.2) is 5.76 Å². The Balaban J connectivity index is 1.45. The first-order valence-electron chi connectivity index (χ1n) is 10.9. The zero-order valence-electron chi connectivity index (χ0n) is 18.4. The average molecular weight is 424 g/mol. The normalized spacial score (nSPS) is 16.6. The van der Waals surface area contributed by atoms with Gasteiger partial charge in [-0.25, -0.2) is 4.68 Å². The summed E-state index contributed by atoms with van der Waals surface area (Å²) in [4.78, 5) is 27.3. The second-order valence-corrected chi connectivity index (χ2v) is 8.08. The van der Waals surface area contributed by atoms with Gasteiger partial charge in [-0.05, 0) is 63.8 Å². The van der Waals surface area contributed by atoms with Crippen LogP contribution < -0.4 is 5.56 Å². The van der Waals surface area contributed by atoms with E-state index in [1.807, 2.05) is 22.6 Å². The van der Waals surface area contributed by atoms with Crippen LogP contribution in [-0.4, -0.2) is 43.5 Å². The molecule has 0 spiro atoms. The number of aromatic nitrogens is 4. The minimum absolute atomic E-state index is 0.114. The van der Waals surface area contributed by atoms with Gasteiger partial charge in [-0.2, -0.15) is 10.2 Å². The number of aryl methyl sites for hydroxylation is 2. The first-order chi connectivity index (χ1) is 15.0. The van der Waals surface area contributed by atoms with Gasteiger partial charge in [0.05, 0.1) is 18.0 Å². The lowest BCUT2D eigenvalue weighted by Gasteiger charge is -2.33. The molecule has 0 radical (unpaired) electrons. The second kappa shape index (κ2) is 8.91. The summed E-state index contributed by atoms with van der Waals surface area (Å²) in [6, 6.07) is 6.67. The molecule has 0 bridgehead atoms. The molecule has 0 saturated carbocycles. The summed E-state index contributed by atoms with van der Waals surface area (Å²) in [5.74, 6) is 0.735. The van der Waals surface area contributed by atoms with Crippen LogP contribution in [0.25, 0.3) is 11.5 Å². The first kappa shape index (κ1) is 21.1. The molecule has 31 heavy (non-hydrogen) atoms. The summed E-state index contributed by atoms with van der Waals surface area (Å²) >= 11 is 0. The zero-order valence-corrected chi connectivity index (χ0v) is 18.4. The van der Waals surface area contributed by atoms with Gasteiger partial charge in [-0.1, -0.05) is 0 Å². The molecule has 164 valence electrons. The molecule has 1 aliphatic rings. The Morgan fingerprint density at radius 3 is 2.77 bits per heavy atom. The lowest BCUT2D eigenvalue weighted by atomic mass is 10.0. The fraction of sp³-hybridized carbons (Fsp3) is 0.478. The third kappa shape index (κ3) is 4.33. The smallest absolute Gasteiger partial charge is 0.267 e. The molecule has 3 aromatic heterocycles. The fourth-order valence-corrected chi connectivity index (χ4v) is 4.42. The maximum absolute atomic E-state index is 13.0. The highest BCUT2D eigenvalue weighted by atomic mass is 16.3. The number of likely N-dealkylation sites (tertiary alicyclic amines) is 1. The van der Waals surface area contributed by atoms with E-state index in [0.29, 0.717) is 37.4 Å². The summed E-state index contributed by atoms with van der Waals surface area (Å²) in [6.45, 7) is 8.17. The lowest BCUT2D eigenvalue weighted by Crippen LogP contribution is -2.43. The number of carbonyl (C=O) groups excluding carboxylic acids is 1. The van der Waals surface area contributed by atoms with E-state index in [4.69, 9.17) is 4.42 Å². The number of hydrogen-bond acceptors (Lipinski definition) is 5. The average Bonchev–Trinajstić information content (AvgIpc) is 3.41. The van der Waals surface area contributed by atoms with Gasteiger partial charge in [0, 0.05) is 37.8 Å². The van der Waals surface area contributed by atoms with Gasteiger partial charge in [0.1, 0.15) is 5.69 Å². The number of nitrogens with zero attached hydrogens (tertiary/aromatic N) is 5. The van der Waals surface area contributed by atoms with Crippen molar-refractivity contribution in [3.8, 4) is 11.5 Å². The molecule has 1 fully saturated rings. The molecule has 0 unspecified atom stereocenters. The summed E-state index contributed by atoms with van der Waals surface area (Å²) in [5, 5.41) is 9.07. The minimum Gasteiger partial charge on any atom is -0.463 e. The van der Waals surface area contributed by atoms with Crippen LogP contribution in [0.2, 0.25) is 0 Å².